The van der Waals surface area contributed by atoms with Gasteiger partial charge >= 0.3 is 0 Å². The Bertz CT molecular complexity index is 1990. The number of benzene rings is 1. The Kier molecular flexibility index (Phi) is 6.65. The third kappa shape index (κ3) is 4.80. The topological polar surface area (TPSA) is 129 Å². The highest BCUT2D eigenvalue weighted by atomic mass is 79.9. The number of aryl methyl sites for hydroxylation is 1. The molecular weight excluding hydrogens is 620 g/mol. The number of fused-ring (bicyclic) bond motifs is 2. The third-order valence-corrected chi connectivity index (χ3v) is 8.02. The van der Waals surface area contributed by atoms with E-state index in [9.17, 15) is 13.6 Å². The van der Waals surface area contributed by atoms with Gasteiger partial charge in [-0.2, -0.15) is 5.10 Å². The van der Waals surface area contributed by atoms with Crippen LogP contribution in [0.4, 0.5) is 14.6 Å². The number of halogens is 3. The molecule has 0 unspecified atom stereocenters. The molecule has 1 aliphatic rings. The van der Waals surface area contributed by atoms with E-state index < -0.39 is 6.43 Å². The number of nitrogens with zero attached hydrogens (tertiary/aromatic N) is 7. The molecule has 13 heteroatoms. The molecule has 214 valence electrons. The number of imidazole rings is 1. The highest BCUT2D eigenvalue weighted by molar-refractivity contribution is 9.10. The number of alkyl halides is 2. The molecule has 0 bridgehead atoms. The fraction of sp³-hybridized carbons (Fsp3) is 0.133. The first-order valence-corrected chi connectivity index (χ1v) is 14.1. The molecule has 1 atom stereocenters. The van der Waals surface area contributed by atoms with Crippen LogP contribution in [0.5, 0.6) is 0 Å². The lowest BCUT2D eigenvalue weighted by molar-refractivity contribution is 0.0935. The van der Waals surface area contributed by atoms with Crippen LogP contribution in [-0.2, 0) is 6.42 Å². The van der Waals surface area contributed by atoms with Gasteiger partial charge in [0.25, 0.3) is 12.3 Å². The highest BCUT2D eigenvalue weighted by Crippen LogP contribution is 2.37. The van der Waals surface area contributed by atoms with Crippen LogP contribution in [0.3, 0.4) is 0 Å². The summed E-state index contributed by atoms with van der Waals surface area (Å²) in [4.78, 5) is 30.7. The summed E-state index contributed by atoms with van der Waals surface area (Å²) in [6.45, 7) is 0. The number of pyridine rings is 3. The van der Waals surface area contributed by atoms with Crippen molar-refractivity contribution in [3.05, 3.63) is 106 Å². The molecule has 0 aliphatic heterocycles. The standard InChI is InChI=1S/C30H22BrF2N9O/c31-21-14-24(41-12-2-11-37-41)39-29-25(21)40-28(20-3-1-10-35-27(20)34)42(29)18-6-7-19-16(13-18)4-8-22(19)38-30(43)17-5-9-23(26(32)33)36-15-17/h1-3,5-7,9-15,22,26H,4,8H2,(H2,34,35)(H,38,43)/t22-/m0/s1. The second-order valence-electron chi connectivity index (χ2n) is 10.0. The number of hydrogen-bond donors (Lipinski definition) is 2. The Morgan fingerprint density at radius 3 is 2.70 bits per heavy atom. The van der Waals surface area contributed by atoms with E-state index >= 15 is 0 Å². The van der Waals surface area contributed by atoms with Gasteiger partial charge in [0.2, 0.25) is 0 Å². The van der Waals surface area contributed by atoms with Crippen molar-refractivity contribution >= 4 is 38.8 Å². The largest absolute Gasteiger partial charge is 0.383 e. The number of carbonyl (C=O) groups excluding carboxylic acids is 1. The predicted molar refractivity (Wildman–Crippen MR) is 159 cm³/mol. The molecule has 5 aromatic heterocycles. The van der Waals surface area contributed by atoms with Crippen LogP contribution >= 0.6 is 15.9 Å². The molecule has 43 heavy (non-hydrogen) atoms. The Morgan fingerprint density at radius 2 is 1.95 bits per heavy atom. The van der Waals surface area contributed by atoms with E-state index in [1.807, 2.05) is 41.1 Å². The Labute approximate surface area is 251 Å². The van der Waals surface area contributed by atoms with Crippen molar-refractivity contribution in [2.24, 2.45) is 0 Å². The van der Waals surface area contributed by atoms with Crippen molar-refractivity contribution < 1.29 is 13.6 Å². The third-order valence-electron chi connectivity index (χ3n) is 7.41. The van der Waals surface area contributed by atoms with E-state index in [-0.39, 0.29) is 23.2 Å². The number of rotatable bonds is 6. The zero-order valence-electron chi connectivity index (χ0n) is 22.3. The van der Waals surface area contributed by atoms with Crippen molar-refractivity contribution in [1.82, 2.24) is 39.6 Å². The first-order valence-electron chi connectivity index (χ1n) is 13.4. The Hall–Kier alpha value is -5.04. The van der Waals surface area contributed by atoms with Crippen molar-refractivity contribution in [3.63, 3.8) is 0 Å². The first-order chi connectivity index (χ1) is 20.9. The SMILES string of the molecule is Nc1ncccc1-c1nc2c(Br)cc(-n3cccn3)nc2n1-c1ccc2c(c1)CC[C@@H]2NC(=O)c1ccc(C(F)F)nc1. The van der Waals surface area contributed by atoms with E-state index in [2.05, 4.69) is 42.4 Å². The van der Waals surface area contributed by atoms with Crippen LogP contribution in [0.1, 0.15) is 46.1 Å². The highest BCUT2D eigenvalue weighted by Gasteiger charge is 2.27. The average Bonchev–Trinajstić information content (AvgIpc) is 3.77. The number of nitrogen functional groups attached to an aromatic ring is 1. The average molecular weight is 642 g/mol. The van der Waals surface area contributed by atoms with Crippen molar-refractivity contribution in [1.29, 1.82) is 0 Å². The summed E-state index contributed by atoms with van der Waals surface area (Å²) in [5.41, 5.74) is 10.9. The summed E-state index contributed by atoms with van der Waals surface area (Å²) in [5.74, 6) is 1.15. The molecule has 5 heterocycles. The van der Waals surface area contributed by atoms with Gasteiger partial charge in [-0.05, 0) is 88.4 Å². The summed E-state index contributed by atoms with van der Waals surface area (Å²) < 4.78 is 30.1. The molecule has 7 rings (SSSR count). The van der Waals surface area contributed by atoms with E-state index in [0.29, 0.717) is 40.6 Å². The minimum atomic E-state index is -2.69. The van der Waals surface area contributed by atoms with Gasteiger partial charge < -0.3 is 11.1 Å². The van der Waals surface area contributed by atoms with Gasteiger partial charge in [0.1, 0.15) is 17.0 Å². The van der Waals surface area contributed by atoms with Gasteiger partial charge in [-0.25, -0.2) is 28.4 Å². The van der Waals surface area contributed by atoms with E-state index in [1.54, 1.807) is 23.1 Å². The molecule has 0 saturated heterocycles. The molecule has 3 N–H and O–H groups in total. The molecule has 0 fully saturated rings. The summed E-state index contributed by atoms with van der Waals surface area (Å²) >= 11 is 3.67. The quantitative estimate of drug-likeness (QED) is 0.236. The first kappa shape index (κ1) is 26.8. The fourth-order valence-corrected chi connectivity index (χ4v) is 5.83. The molecule has 1 aliphatic carbocycles. The zero-order chi connectivity index (χ0) is 29.7. The Balaban J connectivity index is 1.29. The number of nitrogens with two attached hydrogens (primary N) is 1. The lowest BCUT2D eigenvalue weighted by Gasteiger charge is -2.16. The summed E-state index contributed by atoms with van der Waals surface area (Å²) in [7, 11) is 0. The number of carbonyl (C=O) groups is 1. The molecule has 0 saturated carbocycles. The van der Waals surface area contributed by atoms with Gasteiger partial charge in [0.05, 0.1) is 21.6 Å². The number of hydrogen-bond acceptors (Lipinski definition) is 7. The maximum absolute atomic E-state index is 12.9. The van der Waals surface area contributed by atoms with Crippen LogP contribution in [0.2, 0.25) is 0 Å². The molecule has 1 aromatic carbocycles. The van der Waals surface area contributed by atoms with E-state index in [4.69, 9.17) is 15.7 Å². The summed E-state index contributed by atoms with van der Waals surface area (Å²) in [6, 6.07) is 15.6. The van der Waals surface area contributed by atoms with Crippen LogP contribution in [0.15, 0.2) is 83.9 Å². The van der Waals surface area contributed by atoms with Crippen LogP contribution < -0.4 is 11.1 Å². The Morgan fingerprint density at radius 1 is 1.07 bits per heavy atom. The molecule has 10 nitrogen and oxygen atoms in total. The smallest absolute Gasteiger partial charge is 0.280 e. The second kappa shape index (κ2) is 10.7. The van der Waals surface area contributed by atoms with Crippen molar-refractivity contribution in [2.75, 3.05) is 5.73 Å². The minimum absolute atomic E-state index is 0.225. The monoisotopic (exact) mass is 641 g/mol. The van der Waals surface area contributed by atoms with E-state index in [0.717, 1.165) is 27.7 Å². The predicted octanol–water partition coefficient (Wildman–Crippen LogP) is 5.76. The maximum Gasteiger partial charge on any atom is 0.280 e. The van der Waals surface area contributed by atoms with Crippen molar-refractivity contribution in [2.45, 2.75) is 25.3 Å². The van der Waals surface area contributed by atoms with Crippen LogP contribution in [0, 0.1) is 0 Å². The van der Waals surface area contributed by atoms with Crippen molar-refractivity contribution in [3.8, 4) is 22.9 Å². The fourth-order valence-electron chi connectivity index (χ4n) is 5.35. The lowest BCUT2D eigenvalue weighted by Crippen LogP contribution is -2.27. The van der Waals surface area contributed by atoms with Gasteiger partial charge in [-0.3, -0.25) is 14.3 Å². The molecule has 0 spiro atoms. The molecule has 1 amide bonds. The zero-order valence-corrected chi connectivity index (χ0v) is 23.9. The number of amides is 1. The molecular formula is C30H22BrF2N9O. The normalized spacial score (nSPS) is 14.4. The van der Waals surface area contributed by atoms with Crippen LogP contribution in [-0.4, -0.2) is 40.2 Å². The molecule has 0 radical (unpaired) electrons. The van der Waals surface area contributed by atoms with E-state index in [1.165, 1.54) is 18.3 Å². The molecule has 6 aromatic rings. The van der Waals surface area contributed by atoms with Gasteiger partial charge in [0, 0.05) is 30.5 Å². The number of nitrogens with one attached hydrogen (secondary N) is 1. The number of anilines is 1. The minimum Gasteiger partial charge on any atom is -0.383 e. The summed E-state index contributed by atoms with van der Waals surface area (Å²) in [5, 5.41) is 7.35. The second-order valence-corrected chi connectivity index (χ2v) is 10.9. The van der Waals surface area contributed by atoms with Gasteiger partial charge in [0.15, 0.2) is 17.3 Å². The lowest BCUT2D eigenvalue weighted by atomic mass is 10.1. The summed E-state index contributed by atoms with van der Waals surface area (Å²) in [6.07, 6.45) is 5.02. The van der Waals surface area contributed by atoms with Gasteiger partial charge in [-0.1, -0.05) is 6.07 Å². The van der Waals surface area contributed by atoms with Crippen LogP contribution in [0.25, 0.3) is 34.1 Å². The maximum atomic E-state index is 12.9. The number of aromatic nitrogens is 7. The van der Waals surface area contributed by atoms with Gasteiger partial charge in [-0.15, -0.1) is 0 Å².